The van der Waals surface area contributed by atoms with Crippen molar-refractivity contribution in [3.8, 4) is 6.07 Å². The van der Waals surface area contributed by atoms with E-state index in [9.17, 15) is 10.1 Å². The molecule has 1 aromatic carbocycles. The van der Waals surface area contributed by atoms with Crippen LogP contribution in [0.2, 0.25) is 0 Å². The topological polar surface area (TPSA) is 70.1 Å². The summed E-state index contributed by atoms with van der Waals surface area (Å²) >= 11 is 5.20. The van der Waals surface area contributed by atoms with Crippen LogP contribution >= 0.6 is 27.3 Å². The molecule has 1 aliphatic heterocycles. The van der Waals surface area contributed by atoms with E-state index in [0.717, 1.165) is 39.1 Å². The smallest absolute Gasteiger partial charge is 0.162 e. The van der Waals surface area contributed by atoms with Crippen LogP contribution in [0.4, 0.5) is 5.69 Å². The van der Waals surface area contributed by atoms with E-state index in [1.165, 1.54) is 4.88 Å². The van der Waals surface area contributed by atoms with Gasteiger partial charge in [0.25, 0.3) is 0 Å². The second-order valence-electron chi connectivity index (χ2n) is 8.62. The quantitative estimate of drug-likeness (QED) is 0.582. The summed E-state index contributed by atoms with van der Waals surface area (Å²) < 4.78 is 0.919. The Bertz CT molecular complexity index is 1140. The molecule has 2 N–H and O–H groups in total. The van der Waals surface area contributed by atoms with Crippen LogP contribution in [-0.4, -0.2) is 5.78 Å². The van der Waals surface area contributed by atoms with Gasteiger partial charge in [-0.2, -0.15) is 5.26 Å². The molecule has 4 nitrogen and oxygen atoms in total. The van der Waals surface area contributed by atoms with Crippen LogP contribution in [0.15, 0.2) is 63.5 Å². The van der Waals surface area contributed by atoms with E-state index in [2.05, 4.69) is 48.8 Å². The van der Waals surface area contributed by atoms with E-state index in [-0.39, 0.29) is 17.1 Å². The molecule has 2 aliphatic rings. The minimum atomic E-state index is -0.387. The first-order valence-corrected chi connectivity index (χ1v) is 11.7. The lowest BCUT2D eigenvalue weighted by atomic mass is 9.69. The van der Waals surface area contributed by atoms with Crippen molar-refractivity contribution in [1.82, 2.24) is 0 Å². The molecule has 154 valence electrons. The molecule has 2 heterocycles. The first-order valence-electron chi connectivity index (χ1n) is 10.1. The van der Waals surface area contributed by atoms with Gasteiger partial charge < -0.3 is 5.73 Å². The second kappa shape index (κ2) is 7.72. The maximum absolute atomic E-state index is 13.5. The second-order valence-corrected chi connectivity index (χ2v) is 10.7. The van der Waals surface area contributed by atoms with Crippen LogP contribution in [0.5, 0.6) is 0 Å². The Kier molecular flexibility index (Phi) is 5.37. The maximum atomic E-state index is 13.5. The number of carbonyl (C=O) groups excluding carboxylic acids is 1. The van der Waals surface area contributed by atoms with E-state index in [4.69, 9.17) is 5.73 Å². The Morgan fingerprint density at radius 2 is 2.07 bits per heavy atom. The average Bonchev–Trinajstić information content (AvgIpc) is 3.15. The molecule has 1 unspecified atom stereocenters. The number of allylic oxidation sites excluding steroid dienone is 3. The lowest BCUT2D eigenvalue weighted by Gasteiger charge is -2.43. The van der Waals surface area contributed by atoms with Crippen LogP contribution < -0.4 is 10.6 Å². The van der Waals surface area contributed by atoms with Gasteiger partial charge in [0.1, 0.15) is 5.82 Å². The highest BCUT2D eigenvalue weighted by atomic mass is 79.9. The predicted octanol–water partition coefficient (Wildman–Crippen LogP) is 6.01. The number of aryl methyl sites for hydroxylation is 1. The van der Waals surface area contributed by atoms with Crippen molar-refractivity contribution in [2.75, 3.05) is 4.90 Å². The van der Waals surface area contributed by atoms with Crippen molar-refractivity contribution < 1.29 is 4.79 Å². The summed E-state index contributed by atoms with van der Waals surface area (Å²) in [5.74, 6) is 0.136. The first kappa shape index (κ1) is 20.9. The molecule has 0 bridgehead atoms. The summed E-state index contributed by atoms with van der Waals surface area (Å²) in [6, 6.07) is 14.3. The number of thiophene rings is 1. The summed E-state index contributed by atoms with van der Waals surface area (Å²) in [5.41, 5.74) is 9.43. The van der Waals surface area contributed by atoms with Gasteiger partial charge in [-0.15, -0.1) is 11.3 Å². The Hall–Kier alpha value is -2.36. The molecule has 0 saturated heterocycles. The normalized spacial score (nSPS) is 21.0. The largest absolute Gasteiger partial charge is 0.384 e. The molecule has 30 heavy (non-hydrogen) atoms. The van der Waals surface area contributed by atoms with Crippen molar-refractivity contribution in [1.29, 1.82) is 5.26 Å². The van der Waals surface area contributed by atoms with Gasteiger partial charge in [-0.1, -0.05) is 42.8 Å². The standard InChI is InChI=1S/C24H24BrN3OS/c1-4-16-8-9-20(30-16)21-17(13-26)23(27)28(15-7-5-6-14(25)10-15)18-11-24(2,3)12-19(29)22(18)21/h5-10,21H,4,11-12,27H2,1-3H3. The number of ketones is 1. The third-order valence-corrected chi connectivity index (χ3v) is 7.55. The van der Waals surface area contributed by atoms with E-state index in [1.807, 2.05) is 35.2 Å². The molecule has 0 amide bonds. The summed E-state index contributed by atoms with van der Waals surface area (Å²) in [7, 11) is 0. The number of nitrogens with zero attached hydrogens (tertiary/aromatic N) is 2. The number of halogens is 1. The molecule has 1 atom stereocenters. The highest BCUT2D eigenvalue weighted by Crippen LogP contribution is 2.51. The maximum Gasteiger partial charge on any atom is 0.162 e. The minimum absolute atomic E-state index is 0.109. The molecule has 1 aromatic heterocycles. The van der Waals surface area contributed by atoms with Crippen molar-refractivity contribution in [2.45, 2.75) is 46.0 Å². The summed E-state index contributed by atoms with van der Waals surface area (Å²) in [6.45, 7) is 6.34. The van der Waals surface area contributed by atoms with Crippen molar-refractivity contribution in [3.63, 3.8) is 0 Å². The van der Waals surface area contributed by atoms with Crippen LogP contribution in [0.3, 0.4) is 0 Å². The number of carbonyl (C=O) groups is 1. The van der Waals surface area contributed by atoms with Gasteiger partial charge >= 0.3 is 0 Å². The number of nitriles is 1. The molecule has 1 aliphatic carbocycles. The predicted molar refractivity (Wildman–Crippen MR) is 125 cm³/mol. The number of hydrogen-bond donors (Lipinski definition) is 1. The van der Waals surface area contributed by atoms with Crippen molar-refractivity contribution in [2.24, 2.45) is 11.1 Å². The third kappa shape index (κ3) is 3.51. The lowest BCUT2D eigenvalue weighted by Crippen LogP contribution is -2.42. The Balaban J connectivity index is 1.99. The summed E-state index contributed by atoms with van der Waals surface area (Å²) in [4.78, 5) is 17.6. The Morgan fingerprint density at radius 3 is 2.70 bits per heavy atom. The molecular weight excluding hydrogens is 458 g/mol. The van der Waals surface area contributed by atoms with Gasteiger partial charge in [-0.05, 0) is 48.6 Å². The van der Waals surface area contributed by atoms with Crippen LogP contribution in [0.25, 0.3) is 0 Å². The van der Waals surface area contributed by atoms with E-state index in [1.54, 1.807) is 11.3 Å². The Labute approximate surface area is 189 Å². The fourth-order valence-electron chi connectivity index (χ4n) is 4.44. The Morgan fingerprint density at radius 1 is 1.30 bits per heavy atom. The number of benzene rings is 1. The van der Waals surface area contributed by atoms with Crippen LogP contribution in [0.1, 0.15) is 49.3 Å². The molecule has 4 rings (SSSR count). The fraction of sp³-hybridized carbons (Fsp3) is 0.333. The zero-order valence-electron chi connectivity index (χ0n) is 17.3. The molecule has 0 radical (unpaired) electrons. The number of Topliss-reactive ketones (excluding diaryl/α,β-unsaturated/α-hetero) is 1. The zero-order valence-corrected chi connectivity index (χ0v) is 19.7. The van der Waals surface area contributed by atoms with Gasteiger partial charge in [0, 0.05) is 37.6 Å². The minimum Gasteiger partial charge on any atom is -0.384 e. The van der Waals surface area contributed by atoms with Gasteiger partial charge in [0.05, 0.1) is 17.6 Å². The van der Waals surface area contributed by atoms with E-state index < -0.39 is 0 Å². The molecule has 0 fully saturated rings. The summed E-state index contributed by atoms with van der Waals surface area (Å²) in [6.07, 6.45) is 2.12. The van der Waals surface area contributed by atoms with Crippen molar-refractivity contribution in [3.05, 3.63) is 73.3 Å². The molecule has 0 spiro atoms. The average molecular weight is 482 g/mol. The number of anilines is 1. The molecule has 6 heteroatoms. The van der Waals surface area contributed by atoms with E-state index >= 15 is 0 Å². The molecule has 2 aromatic rings. The first-order chi connectivity index (χ1) is 14.3. The van der Waals surface area contributed by atoms with Gasteiger partial charge in [0.15, 0.2) is 5.78 Å². The highest BCUT2D eigenvalue weighted by Gasteiger charge is 2.45. The van der Waals surface area contributed by atoms with Gasteiger partial charge in [-0.25, -0.2) is 0 Å². The van der Waals surface area contributed by atoms with Gasteiger partial charge in [-0.3, -0.25) is 9.69 Å². The van der Waals surface area contributed by atoms with Crippen molar-refractivity contribution >= 4 is 38.7 Å². The van der Waals surface area contributed by atoms with E-state index in [0.29, 0.717) is 17.8 Å². The summed E-state index contributed by atoms with van der Waals surface area (Å²) in [5, 5.41) is 10.1. The zero-order chi connectivity index (χ0) is 21.6. The van der Waals surface area contributed by atoms with Crippen LogP contribution in [-0.2, 0) is 11.2 Å². The number of hydrogen-bond acceptors (Lipinski definition) is 5. The SMILES string of the molecule is CCc1ccc(C2C(C#N)=C(N)N(c3cccc(Br)c3)C3=C2C(=O)CC(C)(C)C3)s1. The lowest BCUT2D eigenvalue weighted by molar-refractivity contribution is -0.118. The number of nitrogens with two attached hydrogens (primary N) is 1. The van der Waals surface area contributed by atoms with Gasteiger partial charge in [0.2, 0.25) is 0 Å². The third-order valence-electron chi connectivity index (χ3n) is 5.76. The number of rotatable bonds is 3. The van der Waals surface area contributed by atoms with Crippen LogP contribution in [0, 0.1) is 16.7 Å². The monoisotopic (exact) mass is 481 g/mol. The fourth-order valence-corrected chi connectivity index (χ4v) is 5.90. The molecule has 0 saturated carbocycles. The highest BCUT2D eigenvalue weighted by molar-refractivity contribution is 9.10. The molecular formula is C24H24BrN3OS.